The van der Waals surface area contributed by atoms with Crippen molar-refractivity contribution in [3.63, 3.8) is 0 Å². The predicted octanol–water partition coefficient (Wildman–Crippen LogP) is 0.570. The first-order valence-corrected chi connectivity index (χ1v) is 3.73. The van der Waals surface area contributed by atoms with E-state index in [4.69, 9.17) is 11.5 Å². The first-order chi connectivity index (χ1) is 6.04. The molecule has 1 aromatic carbocycles. The number of primary amides is 1. The number of rotatable bonds is 2. The molecule has 4 heteroatoms. The summed E-state index contributed by atoms with van der Waals surface area (Å²) in [6, 6.07) is 4.63. The summed E-state index contributed by atoms with van der Waals surface area (Å²) in [5.74, 6) is -0.804. The van der Waals surface area contributed by atoms with Gasteiger partial charge in [-0.1, -0.05) is 6.07 Å². The number of hydrogen-bond donors (Lipinski definition) is 2. The molecule has 0 unspecified atom stereocenters. The van der Waals surface area contributed by atoms with Gasteiger partial charge in [0.25, 0.3) is 5.91 Å². The van der Waals surface area contributed by atoms with Crippen molar-refractivity contribution in [2.75, 3.05) is 5.73 Å². The number of nitrogen functional groups attached to an aromatic ring is 1. The molecule has 0 heterocycles. The minimum Gasteiger partial charge on any atom is -0.397 e. The van der Waals surface area contributed by atoms with Crippen molar-refractivity contribution in [3.05, 3.63) is 29.3 Å². The molecule has 68 valence electrons. The Morgan fingerprint density at radius 2 is 1.77 bits per heavy atom. The smallest absolute Gasteiger partial charge is 0.250 e. The van der Waals surface area contributed by atoms with E-state index < -0.39 is 5.91 Å². The Morgan fingerprint density at radius 3 is 2.23 bits per heavy atom. The third-order valence-electron chi connectivity index (χ3n) is 1.75. The van der Waals surface area contributed by atoms with E-state index in [-0.39, 0.29) is 17.0 Å². The largest absolute Gasteiger partial charge is 0.397 e. The maximum absolute atomic E-state index is 11.0. The van der Waals surface area contributed by atoms with Gasteiger partial charge < -0.3 is 11.5 Å². The number of ketones is 1. The zero-order valence-electron chi connectivity index (χ0n) is 7.20. The Bertz CT molecular complexity index is 340. The summed E-state index contributed by atoms with van der Waals surface area (Å²) in [6.07, 6.45) is 0. The molecule has 0 saturated heterocycles. The minimum absolute atomic E-state index is 0.155. The average molecular weight is 178 g/mol. The van der Waals surface area contributed by atoms with Crippen LogP contribution in [0.15, 0.2) is 18.2 Å². The standard InChI is InChI=1S/C9H10N2O2/c1-5(12)6-3-2-4-7(8(6)10)9(11)13/h2-4H,10H2,1H3,(H2,11,13). The second-order valence-corrected chi connectivity index (χ2v) is 2.69. The van der Waals surface area contributed by atoms with Gasteiger partial charge in [0, 0.05) is 5.56 Å². The van der Waals surface area contributed by atoms with Crippen LogP contribution in [-0.2, 0) is 0 Å². The number of nitrogens with two attached hydrogens (primary N) is 2. The van der Waals surface area contributed by atoms with E-state index in [9.17, 15) is 9.59 Å². The summed E-state index contributed by atoms with van der Waals surface area (Å²) in [6.45, 7) is 1.39. The van der Waals surface area contributed by atoms with Crippen molar-refractivity contribution >= 4 is 17.4 Å². The molecule has 1 amide bonds. The van der Waals surface area contributed by atoms with Gasteiger partial charge in [-0.15, -0.1) is 0 Å². The van der Waals surface area contributed by atoms with Crippen LogP contribution in [0.25, 0.3) is 0 Å². The normalized spacial score (nSPS) is 9.62. The molecular formula is C9H10N2O2. The van der Waals surface area contributed by atoms with E-state index in [2.05, 4.69) is 0 Å². The summed E-state index contributed by atoms with van der Waals surface area (Å²) < 4.78 is 0. The molecule has 0 aromatic heterocycles. The summed E-state index contributed by atoms with van der Waals surface area (Å²) in [7, 11) is 0. The summed E-state index contributed by atoms with van der Waals surface area (Å²) in [5.41, 5.74) is 11.3. The molecule has 0 radical (unpaired) electrons. The Hall–Kier alpha value is -1.84. The van der Waals surface area contributed by atoms with E-state index in [0.29, 0.717) is 5.56 Å². The SMILES string of the molecule is CC(=O)c1cccc(C(N)=O)c1N. The van der Waals surface area contributed by atoms with Crippen LogP contribution in [0.4, 0.5) is 5.69 Å². The monoisotopic (exact) mass is 178 g/mol. The van der Waals surface area contributed by atoms with Gasteiger partial charge in [0.1, 0.15) is 0 Å². The molecule has 1 aromatic rings. The fourth-order valence-corrected chi connectivity index (χ4v) is 1.09. The van der Waals surface area contributed by atoms with Crippen LogP contribution in [0, 0.1) is 0 Å². The molecule has 0 fully saturated rings. The summed E-state index contributed by atoms with van der Waals surface area (Å²) in [4.78, 5) is 21.8. The van der Waals surface area contributed by atoms with Crippen LogP contribution in [0.2, 0.25) is 0 Å². The van der Waals surface area contributed by atoms with Crippen molar-refractivity contribution in [3.8, 4) is 0 Å². The van der Waals surface area contributed by atoms with Crippen LogP contribution < -0.4 is 11.5 Å². The summed E-state index contributed by atoms with van der Waals surface area (Å²) >= 11 is 0. The second kappa shape index (κ2) is 3.26. The van der Waals surface area contributed by atoms with Gasteiger partial charge in [-0.3, -0.25) is 9.59 Å². The highest BCUT2D eigenvalue weighted by molar-refractivity contribution is 6.06. The van der Waals surface area contributed by atoms with E-state index in [0.717, 1.165) is 0 Å². The van der Waals surface area contributed by atoms with Gasteiger partial charge in [0.15, 0.2) is 5.78 Å². The minimum atomic E-state index is -0.624. The molecule has 0 aliphatic carbocycles. The Balaban J connectivity index is 3.35. The lowest BCUT2D eigenvalue weighted by atomic mass is 10.0. The van der Waals surface area contributed by atoms with E-state index >= 15 is 0 Å². The zero-order chi connectivity index (χ0) is 10.0. The summed E-state index contributed by atoms with van der Waals surface area (Å²) in [5, 5.41) is 0. The first kappa shape index (κ1) is 9.25. The van der Waals surface area contributed by atoms with Crippen LogP contribution in [0.1, 0.15) is 27.6 Å². The number of carbonyl (C=O) groups is 2. The fraction of sp³-hybridized carbons (Fsp3) is 0.111. The number of para-hydroxylation sites is 1. The van der Waals surface area contributed by atoms with Crippen molar-refractivity contribution < 1.29 is 9.59 Å². The molecule has 1 rings (SSSR count). The van der Waals surface area contributed by atoms with Crippen LogP contribution in [0.3, 0.4) is 0 Å². The van der Waals surface area contributed by atoms with Crippen LogP contribution in [0.5, 0.6) is 0 Å². The highest BCUT2D eigenvalue weighted by atomic mass is 16.1. The zero-order valence-corrected chi connectivity index (χ0v) is 7.20. The molecule has 0 aliphatic heterocycles. The molecular weight excluding hydrogens is 168 g/mol. The fourth-order valence-electron chi connectivity index (χ4n) is 1.09. The number of hydrogen-bond acceptors (Lipinski definition) is 3. The quantitative estimate of drug-likeness (QED) is 0.512. The lowest BCUT2D eigenvalue weighted by Crippen LogP contribution is -2.15. The molecule has 4 nitrogen and oxygen atoms in total. The topological polar surface area (TPSA) is 86.2 Å². The average Bonchev–Trinajstić information content (AvgIpc) is 2.03. The van der Waals surface area contributed by atoms with E-state index in [1.807, 2.05) is 0 Å². The highest BCUT2D eigenvalue weighted by Crippen LogP contribution is 2.17. The van der Waals surface area contributed by atoms with Gasteiger partial charge in [0.2, 0.25) is 0 Å². The van der Waals surface area contributed by atoms with Gasteiger partial charge in [-0.05, 0) is 19.1 Å². The maximum atomic E-state index is 11.0. The number of carbonyl (C=O) groups excluding carboxylic acids is 2. The number of benzene rings is 1. The van der Waals surface area contributed by atoms with Gasteiger partial charge in [-0.25, -0.2) is 0 Å². The maximum Gasteiger partial charge on any atom is 0.250 e. The molecule has 13 heavy (non-hydrogen) atoms. The Labute approximate surface area is 75.5 Å². The van der Waals surface area contributed by atoms with Crippen molar-refractivity contribution in [1.82, 2.24) is 0 Å². The van der Waals surface area contributed by atoms with Crippen molar-refractivity contribution in [1.29, 1.82) is 0 Å². The lowest BCUT2D eigenvalue weighted by Gasteiger charge is -2.04. The number of amides is 1. The molecule has 0 bridgehead atoms. The van der Waals surface area contributed by atoms with E-state index in [1.54, 1.807) is 12.1 Å². The molecule has 0 spiro atoms. The number of Topliss-reactive ketones (excluding diaryl/α,β-unsaturated/α-hetero) is 1. The van der Waals surface area contributed by atoms with Crippen LogP contribution in [-0.4, -0.2) is 11.7 Å². The van der Waals surface area contributed by atoms with Gasteiger partial charge >= 0.3 is 0 Å². The molecule has 0 aliphatic rings. The third kappa shape index (κ3) is 1.66. The Morgan fingerprint density at radius 1 is 1.23 bits per heavy atom. The molecule has 4 N–H and O–H groups in total. The highest BCUT2D eigenvalue weighted by Gasteiger charge is 2.11. The Kier molecular flexibility index (Phi) is 2.32. The van der Waals surface area contributed by atoms with Crippen molar-refractivity contribution in [2.45, 2.75) is 6.92 Å². The first-order valence-electron chi connectivity index (χ1n) is 3.73. The van der Waals surface area contributed by atoms with Crippen LogP contribution >= 0.6 is 0 Å². The predicted molar refractivity (Wildman–Crippen MR) is 49.4 cm³/mol. The van der Waals surface area contributed by atoms with E-state index in [1.165, 1.54) is 13.0 Å². The third-order valence-corrected chi connectivity index (χ3v) is 1.75. The van der Waals surface area contributed by atoms with Gasteiger partial charge in [0.05, 0.1) is 11.3 Å². The lowest BCUT2D eigenvalue weighted by molar-refractivity contribution is 0.100. The van der Waals surface area contributed by atoms with Gasteiger partial charge in [-0.2, -0.15) is 0 Å². The molecule has 0 atom stereocenters. The van der Waals surface area contributed by atoms with Crippen molar-refractivity contribution in [2.24, 2.45) is 5.73 Å². The molecule has 0 saturated carbocycles. The second-order valence-electron chi connectivity index (χ2n) is 2.69. The number of anilines is 1.